The number of anilines is 2. The molecule has 0 amide bonds. The van der Waals surface area contributed by atoms with E-state index in [1.54, 1.807) is 0 Å². The first kappa shape index (κ1) is 18.1. The van der Waals surface area contributed by atoms with Crippen LogP contribution in [0.5, 0.6) is 0 Å². The fraction of sp³-hybridized carbons (Fsp3) is 0.455. The quantitative estimate of drug-likeness (QED) is 0.640. The largest absolute Gasteiger partial charge is 0.399 e. The van der Waals surface area contributed by atoms with E-state index in [1.165, 1.54) is 5.75 Å². The van der Waals surface area contributed by atoms with Crippen LogP contribution in [0.25, 0.3) is 0 Å². The summed E-state index contributed by atoms with van der Waals surface area (Å²) in [4.78, 5) is 0. The molecule has 0 saturated carbocycles. The van der Waals surface area contributed by atoms with Crippen LogP contribution < -0.4 is 11.1 Å². The SMILES string of the molecule is CCSCCNc1ccc(N)c(C)c1.Cl.Cl. The van der Waals surface area contributed by atoms with Crippen molar-refractivity contribution in [2.75, 3.05) is 29.1 Å². The molecule has 0 bridgehead atoms. The van der Waals surface area contributed by atoms with E-state index in [-0.39, 0.29) is 24.8 Å². The molecule has 1 aromatic rings. The lowest BCUT2D eigenvalue weighted by molar-refractivity contribution is 1.22. The lowest BCUT2D eigenvalue weighted by Gasteiger charge is -2.07. The van der Waals surface area contributed by atoms with E-state index in [0.29, 0.717) is 0 Å². The first-order valence-corrected chi connectivity index (χ1v) is 6.07. The van der Waals surface area contributed by atoms with E-state index >= 15 is 0 Å². The van der Waals surface area contributed by atoms with E-state index in [9.17, 15) is 0 Å². The summed E-state index contributed by atoms with van der Waals surface area (Å²) in [5, 5.41) is 3.37. The topological polar surface area (TPSA) is 38.0 Å². The van der Waals surface area contributed by atoms with Gasteiger partial charge < -0.3 is 11.1 Å². The maximum Gasteiger partial charge on any atom is 0.0345 e. The van der Waals surface area contributed by atoms with Gasteiger partial charge >= 0.3 is 0 Å². The zero-order valence-electron chi connectivity index (χ0n) is 9.66. The van der Waals surface area contributed by atoms with Gasteiger partial charge in [0.25, 0.3) is 0 Å². The number of nitrogens with two attached hydrogens (primary N) is 1. The molecule has 0 saturated heterocycles. The number of nitrogen functional groups attached to an aromatic ring is 1. The molecule has 0 radical (unpaired) electrons. The van der Waals surface area contributed by atoms with Crippen LogP contribution in [0.3, 0.4) is 0 Å². The van der Waals surface area contributed by atoms with E-state index in [0.717, 1.165) is 29.2 Å². The summed E-state index contributed by atoms with van der Waals surface area (Å²) in [7, 11) is 0. The molecule has 2 nitrogen and oxygen atoms in total. The van der Waals surface area contributed by atoms with Crippen LogP contribution in [0.4, 0.5) is 11.4 Å². The van der Waals surface area contributed by atoms with Gasteiger partial charge in [-0.25, -0.2) is 0 Å². The Balaban J connectivity index is 0. The summed E-state index contributed by atoms with van der Waals surface area (Å²) in [5.74, 6) is 2.34. The fourth-order valence-electron chi connectivity index (χ4n) is 1.20. The van der Waals surface area contributed by atoms with Crippen molar-refractivity contribution in [1.82, 2.24) is 0 Å². The minimum absolute atomic E-state index is 0. The molecular weight excluding hydrogens is 263 g/mol. The first-order valence-electron chi connectivity index (χ1n) is 4.91. The summed E-state index contributed by atoms with van der Waals surface area (Å²) < 4.78 is 0. The molecule has 1 rings (SSSR count). The fourth-order valence-corrected chi connectivity index (χ4v) is 1.73. The Kier molecular flexibility index (Phi) is 11.3. The third kappa shape index (κ3) is 6.36. The highest BCUT2D eigenvalue weighted by Crippen LogP contribution is 2.16. The highest BCUT2D eigenvalue weighted by molar-refractivity contribution is 7.99. The van der Waals surface area contributed by atoms with Gasteiger partial charge in [0.1, 0.15) is 0 Å². The van der Waals surface area contributed by atoms with Gasteiger partial charge in [0.2, 0.25) is 0 Å². The molecule has 94 valence electrons. The van der Waals surface area contributed by atoms with Gasteiger partial charge in [-0.15, -0.1) is 24.8 Å². The molecule has 0 atom stereocenters. The number of hydrogen-bond acceptors (Lipinski definition) is 3. The minimum atomic E-state index is 0. The summed E-state index contributed by atoms with van der Waals surface area (Å²) in [5.41, 5.74) is 8.89. The van der Waals surface area contributed by atoms with Gasteiger partial charge in [0.05, 0.1) is 0 Å². The van der Waals surface area contributed by atoms with Gasteiger partial charge in [0.15, 0.2) is 0 Å². The molecule has 0 aliphatic rings. The molecule has 5 heteroatoms. The maximum absolute atomic E-state index is 5.73. The molecule has 16 heavy (non-hydrogen) atoms. The van der Waals surface area contributed by atoms with Crippen LogP contribution in [-0.2, 0) is 0 Å². The summed E-state index contributed by atoms with van der Waals surface area (Å²) in [6.07, 6.45) is 0. The molecule has 0 aromatic heterocycles. The van der Waals surface area contributed by atoms with Crippen molar-refractivity contribution in [3.05, 3.63) is 23.8 Å². The number of rotatable bonds is 5. The van der Waals surface area contributed by atoms with Crippen molar-refractivity contribution in [1.29, 1.82) is 0 Å². The number of thioether (sulfide) groups is 1. The molecule has 0 aliphatic heterocycles. The molecule has 3 N–H and O–H groups in total. The number of halogens is 2. The van der Waals surface area contributed by atoms with Crippen LogP contribution in [0, 0.1) is 6.92 Å². The smallest absolute Gasteiger partial charge is 0.0345 e. The third-order valence-electron chi connectivity index (χ3n) is 2.05. The third-order valence-corrected chi connectivity index (χ3v) is 2.95. The number of nitrogens with one attached hydrogen (secondary N) is 1. The minimum Gasteiger partial charge on any atom is -0.399 e. The van der Waals surface area contributed by atoms with E-state index in [1.807, 2.05) is 30.8 Å². The number of benzene rings is 1. The van der Waals surface area contributed by atoms with Crippen LogP contribution in [0.15, 0.2) is 18.2 Å². The average Bonchev–Trinajstić information content (AvgIpc) is 2.18. The maximum atomic E-state index is 5.73. The van der Waals surface area contributed by atoms with Crippen LogP contribution >= 0.6 is 36.6 Å². The highest BCUT2D eigenvalue weighted by Gasteiger charge is 1.95. The predicted octanol–water partition coefficient (Wildman–Crippen LogP) is 3.59. The Labute approximate surface area is 115 Å². The standard InChI is InChI=1S/C11H18N2S.2ClH/c1-3-14-7-6-13-10-4-5-11(12)9(2)8-10;;/h4-5,8,13H,3,6-7,12H2,1-2H3;2*1H. The summed E-state index contributed by atoms with van der Waals surface area (Å²) in [6.45, 7) is 5.22. The number of hydrogen-bond donors (Lipinski definition) is 2. The summed E-state index contributed by atoms with van der Waals surface area (Å²) >= 11 is 1.95. The van der Waals surface area contributed by atoms with Crippen LogP contribution in [-0.4, -0.2) is 18.1 Å². The van der Waals surface area contributed by atoms with E-state index in [2.05, 4.69) is 18.3 Å². The van der Waals surface area contributed by atoms with Gasteiger partial charge in [-0.3, -0.25) is 0 Å². The van der Waals surface area contributed by atoms with Crippen molar-refractivity contribution in [2.45, 2.75) is 13.8 Å². The second kappa shape index (κ2) is 9.94. The van der Waals surface area contributed by atoms with Gasteiger partial charge in [-0.05, 0) is 36.4 Å². The molecule has 0 spiro atoms. The van der Waals surface area contributed by atoms with Crippen molar-refractivity contribution >= 4 is 48.0 Å². The van der Waals surface area contributed by atoms with Gasteiger partial charge in [0, 0.05) is 23.7 Å². The number of aryl methyl sites for hydroxylation is 1. The molecular formula is C11H20Cl2N2S. The zero-order valence-corrected chi connectivity index (χ0v) is 12.1. The lowest BCUT2D eigenvalue weighted by Crippen LogP contribution is -2.04. The van der Waals surface area contributed by atoms with E-state index < -0.39 is 0 Å². The van der Waals surface area contributed by atoms with Crippen molar-refractivity contribution in [2.24, 2.45) is 0 Å². The normalized spacial score (nSPS) is 8.88. The molecule has 0 fully saturated rings. The lowest BCUT2D eigenvalue weighted by atomic mass is 10.2. The van der Waals surface area contributed by atoms with Crippen molar-refractivity contribution < 1.29 is 0 Å². The van der Waals surface area contributed by atoms with Gasteiger partial charge in [-0.2, -0.15) is 11.8 Å². The average molecular weight is 283 g/mol. The predicted molar refractivity (Wildman–Crippen MR) is 81.6 cm³/mol. The van der Waals surface area contributed by atoms with Crippen molar-refractivity contribution in [3.63, 3.8) is 0 Å². The second-order valence-electron chi connectivity index (χ2n) is 3.20. The Bertz CT molecular complexity index is 295. The molecule has 0 aliphatic carbocycles. The molecule has 0 heterocycles. The van der Waals surface area contributed by atoms with Gasteiger partial charge in [-0.1, -0.05) is 6.92 Å². The molecule has 1 aromatic carbocycles. The Morgan fingerprint density at radius 1 is 1.31 bits per heavy atom. The van der Waals surface area contributed by atoms with Crippen LogP contribution in [0.1, 0.15) is 12.5 Å². The van der Waals surface area contributed by atoms with Crippen LogP contribution in [0.2, 0.25) is 0 Å². The first-order chi connectivity index (χ1) is 6.74. The second-order valence-corrected chi connectivity index (χ2v) is 4.59. The molecule has 0 unspecified atom stereocenters. The monoisotopic (exact) mass is 282 g/mol. The van der Waals surface area contributed by atoms with E-state index in [4.69, 9.17) is 5.73 Å². The Hall–Kier alpha value is -0.250. The highest BCUT2D eigenvalue weighted by atomic mass is 35.5. The Morgan fingerprint density at radius 3 is 2.56 bits per heavy atom. The van der Waals surface area contributed by atoms with Crippen molar-refractivity contribution in [3.8, 4) is 0 Å². The Morgan fingerprint density at radius 2 is 2.00 bits per heavy atom. The summed E-state index contributed by atoms with van der Waals surface area (Å²) in [6, 6.07) is 6.07. The zero-order chi connectivity index (χ0) is 10.4.